The molecule has 2 atom stereocenters. The third kappa shape index (κ3) is 1.69. The molecule has 3 nitrogen and oxygen atoms in total. The molecule has 14 heavy (non-hydrogen) atoms. The maximum atomic E-state index is 9.76. The van der Waals surface area contributed by atoms with Gasteiger partial charge in [0.1, 0.15) is 11.1 Å². The molecule has 0 fully saturated rings. The minimum atomic E-state index is -0.297. The summed E-state index contributed by atoms with van der Waals surface area (Å²) in [6.45, 7) is 1.98. The third-order valence-corrected chi connectivity index (χ3v) is 4.00. The number of hydrogen-bond donors (Lipinski definition) is 1. The number of nitrogens with zero attached hydrogens (tertiary/aromatic N) is 1. The molecule has 0 spiro atoms. The molecule has 2 rings (SSSR count). The van der Waals surface area contributed by atoms with Crippen LogP contribution in [0.4, 0.5) is 0 Å². The molecule has 0 saturated heterocycles. The van der Waals surface area contributed by atoms with Crippen molar-refractivity contribution in [3.05, 3.63) is 15.6 Å². The lowest BCUT2D eigenvalue weighted by atomic mass is 10.0. The molecule has 1 N–H and O–H groups in total. The van der Waals surface area contributed by atoms with Crippen molar-refractivity contribution in [1.29, 1.82) is 0 Å². The van der Waals surface area contributed by atoms with Crippen molar-refractivity contribution in [1.82, 2.24) is 4.98 Å². The lowest BCUT2D eigenvalue weighted by Gasteiger charge is -2.14. The predicted molar refractivity (Wildman–Crippen MR) is 55.4 cm³/mol. The topological polar surface area (TPSA) is 42.4 Å². The second-order valence-corrected chi connectivity index (χ2v) is 4.71. The summed E-state index contributed by atoms with van der Waals surface area (Å²) >= 11 is 1.59. The molecule has 2 unspecified atom stereocenters. The van der Waals surface area contributed by atoms with Crippen molar-refractivity contribution >= 4 is 11.3 Å². The van der Waals surface area contributed by atoms with E-state index in [9.17, 15) is 5.11 Å². The number of methoxy groups -OCH3 is 1. The van der Waals surface area contributed by atoms with E-state index in [2.05, 4.69) is 4.98 Å². The molecule has 0 radical (unpaired) electrons. The number of fused-ring (bicyclic) bond motifs is 1. The second kappa shape index (κ2) is 3.96. The lowest BCUT2D eigenvalue weighted by Crippen LogP contribution is -2.06. The first-order valence-electron chi connectivity index (χ1n) is 4.92. The Bertz CT molecular complexity index is 324. The first-order valence-corrected chi connectivity index (χ1v) is 5.74. The maximum absolute atomic E-state index is 9.76. The van der Waals surface area contributed by atoms with Gasteiger partial charge in [0, 0.05) is 7.11 Å². The van der Waals surface area contributed by atoms with Crippen LogP contribution in [0.15, 0.2) is 0 Å². The van der Waals surface area contributed by atoms with Gasteiger partial charge in [-0.3, -0.25) is 0 Å². The zero-order valence-corrected chi connectivity index (χ0v) is 9.30. The summed E-state index contributed by atoms with van der Waals surface area (Å²) in [6.07, 6.45) is 2.65. The van der Waals surface area contributed by atoms with E-state index in [1.54, 1.807) is 18.4 Å². The van der Waals surface area contributed by atoms with Gasteiger partial charge in [-0.25, -0.2) is 4.98 Å². The molecular weight excluding hydrogens is 198 g/mol. The van der Waals surface area contributed by atoms with Crippen LogP contribution in [-0.4, -0.2) is 17.2 Å². The van der Waals surface area contributed by atoms with Crippen molar-refractivity contribution < 1.29 is 9.84 Å². The summed E-state index contributed by atoms with van der Waals surface area (Å²) < 4.78 is 5.22. The van der Waals surface area contributed by atoms with E-state index in [0.717, 1.165) is 34.8 Å². The lowest BCUT2D eigenvalue weighted by molar-refractivity contribution is 0.119. The number of ether oxygens (including phenoxy) is 1. The van der Waals surface area contributed by atoms with Crippen LogP contribution in [0.1, 0.15) is 47.6 Å². The van der Waals surface area contributed by atoms with Gasteiger partial charge in [-0.2, -0.15) is 0 Å². The van der Waals surface area contributed by atoms with Gasteiger partial charge in [-0.1, -0.05) is 0 Å². The quantitative estimate of drug-likeness (QED) is 0.819. The fourth-order valence-electron chi connectivity index (χ4n) is 1.69. The van der Waals surface area contributed by atoms with Gasteiger partial charge >= 0.3 is 0 Å². The Morgan fingerprint density at radius 1 is 1.64 bits per heavy atom. The highest BCUT2D eigenvalue weighted by molar-refractivity contribution is 7.11. The van der Waals surface area contributed by atoms with Crippen molar-refractivity contribution in [3.8, 4) is 0 Å². The standard InChI is InChI=1S/C10H15NO2S/c1-6(13-2)10-11-7-4-3-5-8(12)9(7)14-10/h6,8,12H,3-5H2,1-2H3. The first kappa shape index (κ1) is 10.1. The molecule has 1 aliphatic carbocycles. The highest BCUT2D eigenvalue weighted by Gasteiger charge is 2.24. The Kier molecular flexibility index (Phi) is 2.85. The van der Waals surface area contributed by atoms with E-state index in [1.165, 1.54) is 0 Å². The van der Waals surface area contributed by atoms with Gasteiger partial charge in [-0.15, -0.1) is 11.3 Å². The molecule has 0 saturated carbocycles. The van der Waals surface area contributed by atoms with E-state index in [1.807, 2.05) is 6.92 Å². The van der Waals surface area contributed by atoms with Crippen molar-refractivity contribution in [2.45, 2.75) is 38.4 Å². The number of aromatic nitrogens is 1. The molecule has 1 heterocycles. The second-order valence-electron chi connectivity index (χ2n) is 3.65. The summed E-state index contributed by atoms with van der Waals surface area (Å²) in [5.41, 5.74) is 1.08. The molecule has 1 aliphatic rings. The van der Waals surface area contributed by atoms with E-state index in [4.69, 9.17) is 4.74 Å². The minimum absolute atomic E-state index is 0.0396. The van der Waals surface area contributed by atoms with Gasteiger partial charge in [0.15, 0.2) is 0 Å². The van der Waals surface area contributed by atoms with E-state index < -0.39 is 0 Å². The summed E-state index contributed by atoms with van der Waals surface area (Å²) in [5, 5.41) is 10.7. The zero-order chi connectivity index (χ0) is 10.1. The fraction of sp³-hybridized carbons (Fsp3) is 0.700. The average molecular weight is 213 g/mol. The van der Waals surface area contributed by atoms with Gasteiger partial charge in [0.25, 0.3) is 0 Å². The number of aliphatic hydroxyl groups is 1. The maximum Gasteiger partial charge on any atom is 0.122 e. The summed E-state index contributed by atoms with van der Waals surface area (Å²) in [4.78, 5) is 5.56. The smallest absolute Gasteiger partial charge is 0.122 e. The van der Waals surface area contributed by atoms with Crippen LogP contribution in [-0.2, 0) is 11.2 Å². The van der Waals surface area contributed by atoms with Gasteiger partial charge in [-0.05, 0) is 26.2 Å². The van der Waals surface area contributed by atoms with Crippen molar-refractivity contribution in [2.75, 3.05) is 7.11 Å². The number of aryl methyl sites for hydroxylation is 1. The number of hydrogen-bond acceptors (Lipinski definition) is 4. The number of aliphatic hydroxyl groups excluding tert-OH is 1. The van der Waals surface area contributed by atoms with Gasteiger partial charge < -0.3 is 9.84 Å². The predicted octanol–water partition coefficient (Wildman–Crippen LogP) is 2.22. The number of thiazole rings is 1. The Balaban J connectivity index is 2.30. The molecule has 78 valence electrons. The normalized spacial score (nSPS) is 23.2. The summed E-state index contributed by atoms with van der Waals surface area (Å²) in [6, 6.07) is 0. The molecule has 0 aromatic carbocycles. The minimum Gasteiger partial charge on any atom is -0.388 e. The van der Waals surface area contributed by atoms with Crippen molar-refractivity contribution in [3.63, 3.8) is 0 Å². The highest BCUT2D eigenvalue weighted by atomic mass is 32.1. The summed E-state index contributed by atoms with van der Waals surface area (Å²) in [7, 11) is 1.68. The fourth-order valence-corrected chi connectivity index (χ4v) is 2.85. The Hall–Kier alpha value is -0.450. The number of rotatable bonds is 2. The molecule has 1 aromatic rings. The van der Waals surface area contributed by atoms with E-state index >= 15 is 0 Å². The Morgan fingerprint density at radius 2 is 2.43 bits per heavy atom. The zero-order valence-electron chi connectivity index (χ0n) is 8.49. The van der Waals surface area contributed by atoms with Crippen LogP contribution in [0, 0.1) is 0 Å². The molecular formula is C10H15NO2S. The Labute approximate surface area is 87.7 Å². The first-order chi connectivity index (χ1) is 6.72. The Morgan fingerprint density at radius 3 is 3.07 bits per heavy atom. The third-order valence-electron chi connectivity index (χ3n) is 2.64. The van der Waals surface area contributed by atoms with Crippen LogP contribution >= 0.6 is 11.3 Å². The van der Waals surface area contributed by atoms with Crippen LogP contribution in [0.3, 0.4) is 0 Å². The highest BCUT2D eigenvalue weighted by Crippen LogP contribution is 2.36. The van der Waals surface area contributed by atoms with Crippen LogP contribution in [0.25, 0.3) is 0 Å². The van der Waals surface area contributed by atoms with Crippen molar-refractivity contribution in [2.24, 2.45) is 0 Å². The van der Waals surface area contributed by atoms with Crippen LogP contribution in [0.5, 0.6) is 0 Å². The molecule has 0 bridgehead atoms. The largest absolute Gasteiger partial charge is 0.388 e. The molecule has 0 amide bonds. The average Bonchev–Trinajstić information content (AvgIpc) is 2.62. The SMILES string of the molecule is COC(C)c1nc2c(s1)C(O)CCC2. The van der Waals surface area contributed by atoms with Gasteiger partial charge in [0.05, 0.1) is 16.7 Å². The monoisotopic (exact) mass is 213 g/mol. The van der Waals surface area contributed by atoms with Gasteiger partial charge in [0.2, 0.25) is 0 Å². The van der Waals surface area contributed by atoms with E-state index in [0.29, 0.717) is 0 Å². The molecule has 4 heteroatoms. The van der Waals surface area contributed by atoms with E-state index in [-0.39, 0.29) is 12.2 Å². The molecule has 1 aromatic heterocycles. The molecule has 0 aliphatic heterocycles. The summed E-state index contributed by atoms with van der Waals surface area (Å²) in [5.74, 6) is 0. The van der Waals surface area contributed by atoms with Crippen LogP contribution in [0.2, 0.25) is 0 Å². The van der Waals surface area contributed by atoms with Crippen LogP contribution < -0.4 is 0 Å².